The first-order valence-corrected chi connectivity index (χ1v) is 10.8. The van der Waals surface area contributed by atoms with Gasteiger partial charge in [-0.15, -0.1) is 0 Å². The van der Waals surface area contributed by atoms with Crippen LogP contribution in [0, 0.1) is 20.8 Å². The Balaban J connectivity index is 1.48. The van der Waals surface area contributed by atoms with E-state index >= 15 is 0 Å². The zero-order valence-electron chi connectivity index (χ0n) is 18.3. The number of quaternary nitrogens is 2. The van der Waals surface area contributed by atoms with E-state index in [9.17, 15) is 9.59 Å². The molecule has 2 fully saturated rings. The number of ether oxygens (including phenoxy) is 1. The maximum absolute atomic E-state index is 12.9. The van der Waals surface area contributed by atoms with Gasteiger partial charge >= 0.3 is 0 Å². The van der Waals surface area contributed by atoms with Gasteiger partial charge in [0.15, 0.2) is 12.6 Å². The summed E-state index contributed by atoms with van der Waals surface area (Å²) < 4.78 is 5.32. The minimum Gasteiger partial charge on any atom is -0.378 e. The summed E-state index contributed by atoms with van der Waals surface area (Å²) in [5.74, 6) is 0.297. The number of rotatable bonds is 5. The van der Waals surface area contributed by atoms with Gasteiger partial charge in [-0.1, -0.05) is 17.7 Å². The molecular weight excluding hydrogens is 368 g/mol. The van der Waals surface area contributed by atoms with Crippen LogP contribution in [0.15, 0.2) is 12.1 Å². The topological polar surface area (TPSA) is 67.5 Å². The van der Waals surface area contributed by atoms with Crippen molar-refractivity contribution in [2.45, 2.75) is 33.7 Å². The number of carbonyl (C=O) groups excluding carboxylic acids is 2. The van der Waals surface area contributed by atoms with Gasteiger partial charge < -0.3 is 24.8 Å². The van der Waals surface area contributed by atoms with Crippen molar-refractivity contribution in [3.05, 3.63) is 28.8 Å². The van der Waals surface area contributed by atoms with E-state index in [-0.39, 0.29) is 17.9 Å². The predicted molar refractivity (Wildman–Crippen MR) is 112 cm³/mol. The highest BCUT2D eigenvalue weighted by Crippen LogP contribution is 2.21. The monoisotopic (exact) mass is 404 g/mol. The van der Waals surface area contributed by atoms with E-state index in [1.165, 1.54) is 15.4 Å². The summed E-state index contributed by atoms with van der Waals surface area (Å²) in [7, 11) is 0. The Morgan fingerprint density at radius 3 is 2.24 bits per heavy atom. The van der Waals surface area contributed by atoms with E-state index in [4.69, 9.17) is 4.74 Å². The molecule has 29 heavy (non-hydrogen) atoms. The molecule has 1 aromatic rings. The SMILES string of the molecule is Cc1cc(C)c(NC(=O)[C@H](C)[NH+]2CC[NH+](CC(=O)N3CCOCC3)CC2)c(C)c1. The quantitative estimate of drug-likeness (QED) is 0.565. The molecule has 0 saturated carbocycles. The molecule has 2 saturated heterocycles. The molecule has 2 aliphatic heterocycles. The van der Waals surface area contributed by atoms with Crippen LogP contribution in [0.1, 0.15) is 23.6 Å². The van der Waals surface area contributed by atoms with E-state index in [1.54, 1.807) is 0 Å². The first kappa shape index (κ1) is 21.7. The van der Waals surface area contributed by atoms with Crippen molar-refractivity contribution in [1.29, 1.82) is 0 Å². The summed E-state index contributed by atoms with van der Waals surface area (Å²) >= 11 is 0. The number of carbonyl (C=O) groups is 2. The van der Waals surface area contributed by atoms with Crippen LogP contribution in [0.3, 0.4) is 0 Å². The lowest BCUT2D eigenvalue weighted by Crippen LogP contribution is -3.30. The molecular formula is C22H36N4O3+2. The maximum atomic E-state index is 12.9. The molecule has 3 N–H and O–H groups in total. The third-order valence-electron chi connectivity index (χ3n) is 6.30. The van der Waals surface area contributed by atoms with Crippen molar-refractivity contribution in [3.8, 4) is 0 Å². The second-order valence-corrected chi connectivity index (χ2v) is 8.56. The molecule has 0 radical (unpaired) electrons. The molecule has 3 rings (SSSR count). The van der Waals surface area contributed by atoms with Gasteiger partial charge in [-0.05, 0) is 38.8 Å². The van der Waals surface area contributed by atoms with Gasteiger partial charge in [-0.2, -0.15) is 0 Å². The molecule has 7 heteroatoms. The first-order valence-electron chi connectivity index (χ1n) is 10.8. The third-order valence-corrected chi connectivity index (χ3v) is 6.30. The number of piperazine rings is 1. The Labute approximate surface area is 174 Å². The van der Waals surface area contributed by atoms with Gasteiger partial charge in [0.05, 0.1) is 13.2 Å². The Kier molecular flexibility index (Phi) is 7.27. The normalized spacial score (nSPS) is 23.5. The van der Waals surface area contributed by atoms with E-state index in [0.717, 1.165) is 43.0 Å². The number of anilines is 1. The predicted octanol–water partition coefficient (Wildman–Crippen LogP) is -1.42. The first-order chi connectivity index (χ1) is 13.8. The summed E-state index contributed by atoms with van der Waals surface area (Å²) in [6, 6.07) is 4.10. The van der Waals surface area contributed by atoms with Crippen LogP contribution in [0.5, 0.6) is 0 Å². The smallest absolute Gasteiger partial charge is 0.282 e. The Bertz CT molecular complexity index is 715. The fourth-order valence-electron chi connectivity index (χ4n) is 4.47. The molecule has 7 nitrogen and oxygen atoms in total. The average Bonchev–Trinajstić information content (AvgIpc) is 2.71. The summed E-state index contributed by atoms with van der Waals surface area (Å²) in [6.07, 6.45) is 0. The molecule has 160 valence electrons. The average molecular weight is 405 g/mol. The standard InChI is InChI=1S/C22H34N4O3/c1-16-13-17(2)21(18(3)14-16)23-22(28)19(4)25-7-5-24(6-8-25)15-20(27)26-9-11-29-12-10-26/h13-14,19H,5-12,15H2,1-4H3,(H,23,28)/p+2/t19-/m0/s1. The highest BCUT2D eigenvalue weighted by Gasteiger charge is 2.33. The van der Waals surface area contributed by atoms with Gasteiger partial charge in [-0.3, -0.25) is 9.59 Å². The van der Waals surface area contributed by atoms with Crippen LogP contribution < -0.4 is 15.1 Å². The lowest BCUT2D eigenvalue weighted by molar-refractivity contribution is -1.01. The van der Waals surface area contributed by atoms with E-state index < -0.39 is 0 Å². The third kappa shape index (κ3) is 5.56. The van der Waals surface area contributed by atoms with Crippen LogP contribution >= 0.6 is 0 Å². The van der Waals surface area contributed by atoms with E-state index in [0.29, 0.717) is 32.8 Å². The summed E-state index contributed by atoms with van der Waals surface area (Å²) in [6.45, 7) is 15.1. The van der Waals surface area contributed by atoms with Crippen molar-refractivity contribution in [2.24, 2.45) is 0 Å². The number of hydrogen-bond donors (Lipinski definition) is 3. The summed E-state index contributed by atoms with van der Waals surface area (Å²) in [5.41, 5.74) is 4.36. The van der Waals surface area contributed by atoms with Crippen LogP contribution in [0.25, 0.3) is 0 Å². The lowest BCUT2D eigenvalue weighted by Gasteiger charge is -2.34. The second-order valence-electron chi connectivity index (χ2n) is 8.56. The minimum atomic E-state index is -0.105. The maximum Gasteiger partial charge on any atom is 0.282 e. The number of morpholine rings is 1. The Hall–Kier alpha value is -1.96. The highest BCUT2D eigenvalue weighted by atomic mass is 16.5. The Morgan fingerprint density at radius 2 is 1.66 bits per heavy atom. The van der Waals surface area contributed by atoms with Crippen molar-refractivity contribution in [2.75, 3.05) is 64.3 Å². The molecule has 2 amide bonds. The van der Waals surface area contributed by atoms with Gasteiger partial charge in [-0.25, -0.2) is 0 Å². The fraction of sp³-hybridized carbons (Fsp3) is 0.636. The van der Waals surface area contributed by atoms with Crippen LogP contribution in [-0.2, 0) is 14.3 Å². The minimum absolute atomic E-state index is 0.0721. The summed E-state index contributed by atoms with van der Waals surface area (Å²) in [5, 5.41) is 3.15. The molecule has 0 spiro atoms. The van der Waals surface area contributed by atoms with Gasteiger partial charge in [0, 0.05) is 18.8 Å². The van der Waals surface area contributed by atoms with Crippen LogP contribution in [0.2, 0.25) is 0 Å². The zero-order chi connectivity index (χ0) is 21.0. The van der Waals surface area contributed by atoms with Crippen molar-refractivity contribution in [3.63, 3.8) is 0 Å². The van der Waals surface area contributed by atoms with E-state index in [2.05, 4.69) is 24.4 Å². The summed E-state index contributed by atoms with van der Waals surface area (Å²) in [4.78, 5) is 29.9. The van der Waals surface area contributed by atoms with Gasteiger partial charge in [0.1, 0.15) is 26.2 Å². The number of aryl methyl sites for hydroxylation is 3. The zero-order valence-corrected chi connectivity index (χ0v) is 18.3. The molecule has 1 atom stereocenters. The molecule has 0 unspecified atom stereocenters. The second kappa shape index (κ2) is 9.69. The van der Waals surface area contributed by atoms with Crippen molar-refractivity contribution in [1.82, 2.24) is 4.90 Å². The van der Waals surface area contributed by atoms with Crippen molar-refractivity contribution < 1.29 is 24.1 Å². The van der Waals surface area contributed by atoms with Gasteiger partial charge in [0.2, 0.25) is 0 Å². The lowest BCUT2D eigenvalue weighted by atomic mass is 10.0. The molecule has 1 aromatic carbocycles. The fourth-order valence-corrected chi connectivity index (χ4v) is 4.47. The number of hydrogen-bond acceptors (Lipinski definition) is 3. The molecule has 0 aromatic heterocycles. The number of benzene rings is 1. The molecule has 0 aliphatic carbocycles. The number of nitrogens with one attached hydrogen (secondary N) is 3. The van der Waals surface area contributed by atoms with Crippen LogP contribution in [-0.4, -0.2) is 81.8 Å². The highest BCUT2D eigenvalue weighted by molar-refractivity contribution is 5.95. The van der Waals surface area contributed by atoms with Gasteiger partial charge in [0.25, 0.3) is 11.8 Å². The Morgan fingerprint density at radius 1 is 1.07 bits per heavy atom. The number of amides is 2. The molecule has 2 heterocycles. The van der Waals surface area contributed by atoms with Crippen molar-refractivity contribution >= 4 is 17.5 Å². The largest absolute Gasteiger partial charge is 0.378 e. The van der Waals surface area contributed by atoms with E-state index in [1.807, 2.05) is 25.7 Å². The molecule has 0 bridgehead atoms. The molecule has 2 aliphatic rings. The van der Waals surface area contributed by atoms with Crippen LogP contribution in [0.4, 0.5) is 5.69 Å². The number of nitrogens with zero attached hydrogens (tertiary/aromatic N) is 1.